The maximum atomic E-state index is 5.58. The molecule has 0 amide bonds. The Morgan fingerprint density at radius 1 is 1.12 bits per heavy atom. The van der Waals surface area contributed by atoms with Crippen molar-refractivity contribution < 1.29 is 4.42 Å². The van der Waals surface area contributed by atoms with Crippen LogP contribution in [0.2, 0.25) is 0 Å². The molecule has 3 aromatic rings. The van der Waals surface area contributed by atoms with Gasteiger partial charge < -0.3 is 9.73 Å². The second-order valence-electron chi connectivity index (χ2n) is 6.15. The Bertz CT molecular complexity index is 796. The van der Waals surface area contributed by atoms with Gasteiger partial charge in [0.05, 0.1) is 5.69 Å². The van der Waals surface area contributed by atoms with Crippen molar-refractivity contribution in [2.75, 3.05) is 5.32 Å². The van der Waals surface area contributed by atoms with Crippen molar-refractivity contribution in [3.63, 3.8) is 0 Å². The topological polar surface area (TPSA) is 63.8 Å². The summed E-state index contributed by atoms with van der Waals surface area (Å²) in [5.74, 6) is 1.39. The van der Waals surface area contributed by atoms with Crippen LogP contribution in [0.1, 0.15) is 37.8 Å². The van der Waals surface area contributed by atoms with Crippen LogP contribution in [-0.4, -0.2) is 21.2 Å². The van der Waals surface area contributed by atoms with Crippen LogP contribution >= 0.6 is 23.1 Å². The quantitative estimate of drug-likeness (QED) is 0.598. The zero-order chi connectivity index (χ0) is 16.9. The zero-order valence-corrected chi connectivity index (χ0v) is 15.5. The Balaban J connectivity index is 1.32. The number of hydrogen-bond donors (Lipinski definition) is 1. The first-order valence-electron chi connectivity index (χ1n) is 8.59. The van der Waals surface area contributed by atoms with Crippen molar-refractivity contribution in [1.29, 1.82) is 0 Å². The molecular weight excluding hydrogens is 352 g/mol. The lowest BCUT2D eigenvalue weighted by atomic mass is 9.96. The highest BCUT2D eigenvalue weighted by Gasteiger charge is 2.15. The fraction of sp³-hybridized carbons (Fsp3) is 0.389. The van der Waals surface area contributed by atoms with E-state index in [9.17, 15) is 0 Å². The van der Waals surface area contributed by atoms with Gasteiger partial charge in [0.25, 0.3) is 0 Å². The molecule has 4 rings (SSSR count). The summed E-state index contributed by atoms with van der Waals surface area (Å²) >= 11 is 3.27. The minimum Gasteiger partial charge on any atom is -0.444 e. The van der Waals surface area contributed by atoms with Crippen molar-refractivity contribution in [3.8, 4) is 11.5 Å². The Hall–Kier alpha value is -1.86. The monoisotopic (exact) mass is 372 g/mol. The van der Waals surface area contributed by atoms with Crippen molar-refractivity contribution in [1.82, 2.24) is 15.2 Å². The van der Waals surface area contributed by atoms with Gasteiger partial charge in [-0.25, -0.2) is 4.98 Å². The molecule has 0 bridgehead atoms. The lowest BCUT2D eigenvalue weighted by Gasteiger charge is -2.21. The first-order chi connectivity index (χ1) is 12.4. The van der Waals surface area contributed by atoms with Gasteiger partial charge in [0.2, 0.25) is 11.0 Å². The van der Waals surface area contributed by atoms with E-state index in [0.717, 1.165) is 26.5 Å². The van der Waals surface area contributed by atoms with Gasteiger partial charge in [-0.05, 0) is 25.0 Å². The summed E-state index contributed by atoms with van der Waals surface area (Å²) < 4.78 is 6.54. The third-order valence-corrected chi connectivity index (χ3v) is 6.28. The largest absolute Gasteiger partial charge is 0.444 e. The summed E-state index contributed by atoms with van der Waals surface area (Å²) in [6.07, 6.45) is 8.18. The Labute approximate surface area is 155 Å². The third-order valence-electron chi connectivity index (χ3n) is 4.26. The molecular formula is C18H20N4OS2. The average molecular weight is 373 g/mol. The third kappa shape index (κ3) is 4.41. The van der Waals surface area contributed by atoms with Crippen LogP contribution in [-0.2, 0) is 5.75 Å². The first kappa shape index (κ1) is 16.6. The second kappa shape index (κ2) is 8.01. The van der Waals surface area contributed by atoms with Crippen LogP contribution in [0.15, 0.2) is 45.4 Å². The summed E-state index contributed by atoms with van der Waals surface area (Å²) in [6.45, 7) is 0. The van der Waals surface area contributed by atoms with Gasteiger partial charge >= 0.3 is 0 Å². The minimum atomic E-state index is 0.559. The number of benzene rings is 1. The lowest BCUT2D eigenvalue weighted by Crippen LogP contribution is -2.21. The fourth-order valence-corrected chi connectivity index (χ4v) is 4.68. The Morgan fingerprint density at radius 2 is 1.96 bits per heavy atom. The molecule has 2 aromatic heterocycles. The maximum absolute atomic E-state index is 5.58. The molecule has 1 aliphatic rings. The first-order valence-corrected chi connectivity index (χ1v) is 10.4. The van der Waals surface area contributed by atoms with Crippen molar-refractivity contribution in [2.24, 2.45) is 0 Å². The number of oxazole rings is 1. The fourth-order valence-electron chi connectivity index (χ4n) is 2.97. The molecule has 1 aliphatic carbocycles. The van der Waals surface area contributed by atoms with Gasteiger partial charge in [0.1, 0.15) is 6.26 Å². The van der Waals surface area contributed by atoms with Crippen LogP contribution in [0.25, 0.3) is 11.5 Å². The predicted octanol–water partition coefficient (Wildman–Crippen LogP) is 5.23. The number of nitrogens with one attached hydrogen (secondary N) is 1. The van der Waals surface area contributed by atoms with E-state index in [0.29, 0.717) is 11.9 Å². The smallest absolute Gasteiger partial charge is 0.226 e. The van der Waals surface area contributed by atoms with Gasteiger partial charge in [0.15, 0.2) is 4.34 Å². The molecule has 0 unspecified atom stereocenters. The highest BCUT2D eigenvalue weighted by Crippen LogP contribution is 2.30. The zero-order valence-electron chi connectivity index (χ0n) is 13.9. The molecule has 5 nitrogen and oxygen atoms in total. The van der Waals surface area contributed by atoms with Crippen molar-refractivity contribution in [2.45, 2.75) is 48.2 Å². The van der Waals surface area contributed by atoms with Crippen LogP contribution < -0.4 is 5.32 Å². The molecule has 130 valence electrons. The van der Waals surface area contributed by atoms with Crippen molar-refractivity contribution in [3.05, 3.63) is 42.3 Å². The van der Waals surface area contributed by atoms with Gasteiger partial charge in [-0.2, -0.15) is 0 Å². The minimum absolute atomic E-state index is 0.559. The number of rotatable bonds is 6. The normalized spacial score (nSPS) is 15.4. The standard InChI is InChI=1S/C18H20N4OS2/c1-3-7-13(8-4-1)16-19-15(11-23-16)12-24-18-22-21-17(25-18)20-14-9-5-2-6-10-14/h1,3-4,7-8,11,14H,2,5-6,9-10,12H2,(H,20,21). The highest BCUT2D eigenvalue weighted by atomic mass is 32.2. The van der Waals surface area contributed by atoms with E-state index in [1.54, 1.807) is 29.4 Å². The molecule has 0 saturated heterocycles. The molecule has 25 heavy (non-hydrogen) atoms. The van der Waals surface area contributed by atoms with E-state index < -0.39 is 0 Å². The number of hydrogen-bond acceptors (Lipinski definition) is 7. The molecule has 7 heteroatoms. The van der Waals surface area contributed by atoms with E-state index >= 15 is 0 Å². The maximum Gasteiger partial charge on any atom is 0.226 e. The van der Waals surface area contributed by atoms with E-state index in [4.69, 9.17) is 4.42 Å². The lowest BCUT2D eigenvalue weighted by molar-refractivity contribution is 0.462. The van der Waals surface area contributed by atoms with Crippen molar-refractivity contribution >= 4 is 28.2 Å². The molecule has 0 aliphatic heterocycles. The Kier molecular flexibility index (Phi) is 5.32. The van der Waals surface area contributed by atoms with Gasteiger partial charge in [0, 0.05) is 17.4 Å². The molecule has 1 saturated carbocycles. The SMILES string of the molecule is c1ccc(-c2nc(CSc3nnc(NC4CCCCC4)s3)co2)cc1. The summed E-state index contributed by atoms with van der Waals surface area (Å²) in [4.78, 5) is 4.55. The number of thioether (sulfide) groups is 1. The summed E-state index contributed by atoms with van der Waals surface area (Å²) in [5, 5.41) is 13.0. The van der Waals surface area contributed by atoms with E-state index in [-0.39, 0.29) is 0 Å². The number of aromatic nitrogens is 3. The van der Waals surface area contributed by atoms with Crippen LogP contribution in [0, 0.1) is 0 Å². The summed E-state index contributed by atoms with van der Waals surface area (Å²) in [6, 6.07) is 10.5. The number of anilines is 1. The van der Waals surface area contributed by atoms with E-state index in [1.807, 2.05) is 30.3 Å². The molecule has 0 radical (unpaired) electrons. The average Bonchev–Trinajstić information content (AvgIpc) is 3.31. The van der Waals surface area contributed by atoms with Gasteiger partial charge in [-0.3, -0.25) is 0 Å². The van der Waals surface area contributed by atoms with E-state index in [1.165, 1.54) is 32.1 Å². The highest BCUT2D eigenvalue weighted by molar-refractivity contribution is 8.00. The molecule has 2 heterocycles. The predicted molar refractivity (Wildman–Crippen MR) is 102 cm³/mol. The van der Waals surface area contributed by atoms with Gasteiger partial charge in [-0.1, -0.05) is 60.6 Å². The molecule has 1 N–H and O–H groups in total. The van der Waals surface area contributed by atoms with Gasteiger partial charge in [-0.15, -0.1) is 10.2 Å². The van der Waals surface area contributed by atoms with Crippen LogP contribution in [0.4, 0.5) is 5.13 Å². The second-order valence-corrected chi connectivity index (χ2v) is 8.35. The van der Waals surface area contributed by atoms with Crippen LogP contribution in [0.5, 0.6) is 0 Å². The number of nitrogens with zero attached hydrogens (tertiary/aromatic N) is 3. The summed E-state index contributed by atoms with van der Waals surface area (Å²) in [7, 11) is 0. The van der Waals surface area contributed by atoms with Crippen LogP contribution in [0.3, 0.4) is 0 Å². The van der Waals surface area contributed by atoms with E-state index in [2.05, 4.69) is 20.5 Å². The summed E-state index contributed by atoms with van der Waals surface area (Å²) in [5.41, 5.74) is 1.91. The molecule has 1 aromatic carbocycles. The molecule has 1 fully saturated rings. The molecule has 0 spiro atoms. The molecule has 0 atom stereocenters. The Morgan fingerprint density at radius 3 is 2.80 bits per heavy atom.